The molecule has 7 heteroatoms. The second-order valence-electron chi connectivity index (χ2n) is 10.1. The van der Waals surface area contributed by atoms with Crippen molar-refractivity contribution in [3.63, 3.8) is 0 Å². The number of carbonyl (C=O) groups is 1. The highest BCUT2D eigenvalue weighted by Crippen LogP contribution is 2.35. The van der Waals surface area contributed by atoms with Crippen LogP contribution in [-0.4, -0.2) is 34.1 Å². The number of hydrogen-bond donors (Lipinski definition) is 2. The second-order valence-corrected chi connectivity index (χ2v) is 10.1. The average Bonchev–Trinajstić information content (AvgIpc) is 3.53. The van der Waals surface area contributed by atoms with Gasteiger partial charge in [0, 0.05) is 30.6 Å². The lowest BCUT2D eigenvalue weighted by molar-refractivity contribution is -0.116. The summed E-state index contributed by atoms with van der Waals surface area (Å²) in [5.41, 5.74) is 7.32. The van der Waals surface area contributed by atoms with Crippen LogP contribution in [-0.2, 0) is 11.4 Å². The fourth-order valence-electron chi connectivity index (χ4n) is 5.42. The lowest BCUT2D eigenvalue weighted by Crippen LogP contribution is -2.23. The van der Waals surface area contributed by atoms with Crippen molar-refractivity contribution >= 4 is 39.5 Å². The number of aliphatic hydroxyl groups excluding tert-OH is 1. The molecule has 1 aliphatic heterocycles. The fraction of sp³-hybridized carbons (Fsp3) is 0.258. The minimum absolute atomic E-state index is 0.0176. The molecule has 0 radical (unpaired) electrons. The highest BCUT2D eigenvalue weighted by molar-refractivity contribution is 6.05. The van der Waals surface area contributed by atoms with Crippen molar-refractivity contribution in [2.75, 3.05) is 23.3 Å². The van der Waals surface area contributed by atoms with Crippen LogP contribution in [0.25, 0.3) is 33.2 Å². The van der Waals surface area contributed by atoms with E-state index in [4.69, 9.17) is 9.40 Å². The van der Waals surface area contributed by atoms with E-state index in [1.165, 1.54) is 0 Å². The van der Waals surface area contributed by atoms with Crippen LogP contribution in [0.4, 0.5) is 11.5 Å². The van der Waals surface area contributed by atoms with E-state index in [2.05, 4.69) is 15.2 Å². The van der Waals surface area contributed by atoms with E-state index >= 15 is 0 Å². The van der Waals surface area contributed by atoms with Gasteiger partial charge in [0.05, 0.1) is 6.61 Å². The van der Waals surface area contributed by atoms with Crippen LogP contribution in [0, 0.1) is 19.8 Å². The van der Waals surface area contributed by atoms with Crippen LogP contribution in [0.3, 0.4) is 0 Å². The Kier molecular flexibility index (Phi) is 6.29. The summed E-state index contributed by atoms with van der Waals surface area (Å²) in [6.07, 6.45) is 1.37. The van der Waals surface area contributed by atoms with Gasteiger partial charge in [-0.25, -0.2) is 9.97 Å². The number of rotatable bonds is 6. The Hall–Kier alpha value is -4.23. The number of aliphatic hydroxyl groups is 1. The molecule has 1 atom stereocenters. The normalized spacial score (nSPS) is 15.4. The molecule has 7 nitrogen and oxygen atoms in total. The summed E-state index contributed by atoms with van der Waals surface area (Å²) in [7, 11) is 0. The SMILES string of the molecule is Cc1nc(N2CC[C@H](CC(=O)Nc3ccc(-c4ccc(CO)cc4)c(C)c3)C2)c2oc3ccccc3c2n1. The molecule has 1 saturated heterocycles. The van der Waals surface area contributed by atoms with Gasteiger partial charge in [-0.05, 0) is 72.7 Å². The maximum Gasteiger partial charge on any atom is 0.224 e. The van der Waals surface area contributed by atoms with Crippen molar-refractivity contribution in [1.29, 1.82) is 0 Å². The van der Waals surface area contributed by atoms with Crippen LogP contribution < -0.4 is 10.2 Å². The number of amides is 1. The first kappa shape index (κ1) is 24.1. The van der Waals surface area contributed by atoms with Gasteiger partial charge in [-0.2, -0.15) is 0 Å². The molecule has 0 bridgehead atoms. The molecule has 0 aliphatic carbocycles. The highest BCUT2D eigenvalue weighted by atomic mass is 16.3. The third kappa shape index (κ3) is 4.61. The van der Waals surface area contributed by atoms with E-state index < -0.39 is 0 Å². The maximum atomic E-state index is 12.9. The second kappa shape index (κ2) is 9.91. The Morgan fingerprint density at radius 1 is 1.08 bits per heavy atom. The number of nitrogens with zero attached hydrogens (tertiary/aromatic N) is 3. The molecule has 1 aliphatic rings. The monoisotopic (exact) mass is 506 g/mol. The Bertz CT molecular complexity index is 1640. The van der Waals surface area contributed by atoms with E-state index in [1.54, 1.807) is 0 Å². The van der Waals surface area contributed by atoms with Gasteiger partial charge in [0.1, 0.15) is 16.9 Å². The van der Waals surface area contributed by atoms with Crippen LogP contribution in [0.5, 0.6) is 0 Å². The molecule has 1 fully saturated rings. The quantitative estimate of drug-likeness (QED) is 0.293. The minimum atomic E-state index is 0.0176. The largest absolute Gasteiger partial charge is 0.450 e. The smallest absolute Gasteiger partial charge is 0.224 e. The van der Waals surface area contributed by atoms with Crippen LogP contribution in [0.15, 0.2) is 71.1 Å². The van der Waals surface area contributed by atoms with Gasteiger partial charge in [0.25, 0.3) is 0 Å². The average molecular weight is 507 g/mol. The zero-order valence-electron chi connectivity index (χ0n) is 21.6. The van der Waals surface area contributed by atoms with E-state index in [0.717, 1.165) is 69.8 Å². The zero-order valence-corrected chi connectivity index (χ0v) is 21.6. The van der Waals surface area contributed by atoms with Crippen LogP contribution >= 0.6 is 0 Å². The molecule has 192 valence electrons. The first-order chi connectivity index (χ1) is 18.5. The number of aromatic nitrogens is 2. The standard InChI is InChI=1S/C31H30N4O3/c1-19-15-24(11-12-25(19)23-9-7-21(18-36)8-10-23)34-28(37)16-22-13-14-35(17-22)31-30-29(32-20(2)33-31)26-5-3-4-6-27(26)38-30/h3-12,15,22,36H,13-14,16-18H2,1-2H3,(H,34,37)/t22-/m1/s1. The van der Waals surface area contributed by atoms with Gasteiger partial charge in [-0.15, -0.1) is 0 Å². The molecule has 2 aromatic heterocycles. The third-order valence-electron chi connectivity index (χ3n) is 7.33. The Morgan fingerprint density at radius 3 is 2.68 bits per heavy atom. The molecule has 0 spiro atoms. The van der Waals surface area contributed by atoms with E-state index in [1.807, 2.05) is 80.6 Å². The first-order valence-corrected chi connectivity index (χ1v) is 13.0. The van der Waals surface area contributed by atoms with Gasteiger partial charge in [-0.1, -0.05) is 42.5 Å². The molecule has 0 saturated carbocycles. The number of furan rings is 1. The number of fused-ring (bicyclic) bond motifs is 3. The Balaban J connectivity index is 1.13. The van der Waals surface area contributed by atoms with Crippen LogP contribution in [0.2, 0.25) is 0 Å². The molecule has 3 heterocycles. The summed E-state index contributed by atoms with van der Waals surface area (Å²) in [6.45, 7) is 5.55. The fourth-order valence-corrected chi connectivity index (χ4v) is 5.42. The van der Waals surface area contributed by atoms with Gasteiger partial charge in [0.15, 0.2) is 11.4 Å². The van der Waals surface area contributed by atoms with Crippen LogP contribution in [0.1, 0.15) is 29.8 Å². The third-order valence-corrected chi connectivity index (χ3v) is 7.33. The molecule has 38 heavy (non-hydrogen) atoms. The lowest BCUT2D eigenvalue weighted by Gasteiger charge is -2.18. The molecule has 2 N–H and O–H groups in total. The number of benzene rings is 3. The van der Waals surface area contributed by atoms with E-state index in [9.17, 15) is 9.90 Å². The number of hydrogen-bond acceptors (Lipinski definition) is 6. The predicted octanol–water partition coefficient (Wildman–Crippen LogP) is 6.01. The molecular weight excluding hydrogens is 476 g/mol. The summed E-state index contributed by atoms with van der Waals surface area (Å²) in [5.74, 6) is 1.77. The van der Waals surface area contributed by atoms with Crippen molar-refractivity contribution in [2.45, 2.75) is 33.3 Å². The molecule has 6 rings (SSSR count). The van der Waals surface area contributed by atoms with Gasteiger partial charge < -0.3 is 19.7 Å². The highest BCUT2D eigenvalue weighted by Gasteiger charge is 2.28. The Morgan fingerprint density at radius 2 is 1.89 bits per heavy atom. The maximum absolute atomic E-state index is 12.9. The van der Waals surface area contributed by atoms with Crippen molar-refractivity contribution < 1.29 is 14.3 Å². The summed E-state index contributed by atoms with van der Waals surface area (Å²) in [5, 5.41) is 13.4. The summed E-state index contributed by atoms with van der Waals surface area (Å²) in [6, 6.07) is 21.8. The minimum Gasteiger partial charge on any atom is -0.450 e. The van der Waals surface area contributed by atoms with Crippen molar-refractivity contribution in [3.05, 3.63) is 83.7 Å². The number of para-hydroxylation sites is 1. The zero-order chi connectivity index (χ0) is 26.2. The van der Waals surface area contributed by atoms with Gasteiger partial charge >= 0.3 is 0 Å². The van der Waals surface area contributed by atoms with Crippen molar-refractivity contribution in [3.8, 4) is 11.1 Å². The van der Waals surface area contributed by atoms with E-state index in [-0.39, 0.29) is 18.4 Å². The molecule has 5 aromatic rings. The molecular formula is C31H30N4O3. The van der Waals surface area contributed by atoms with Gasteiger partial charge in [-0.3, -0.25) is 4.79 Å². The molecule has 0 unspecified atom stereocenters. The number of anilines is 2. The number of aryl methyl sites for hydroxylation is 2. The summed E-state index contributed by atoms with van der Waals surface area (Å²) in [4.78, 5) is 24.5. The number of nitrogens with one attached hydrogen (secondary N) is 1. The Labute approximate surface area is 221 Å². The molecule has 3 aromatic carbocycles. The summed E-state index contributed by atoms with van der Waals surface area (Å²) < 4.78 is 6.15. The molecule has 1 amide bonds. The van der Waals surface area contributed by atoms with Crippen molar-refractivity contribution in [2.24, 2.45) is 5.92 Å². The predicted molar refractivity (Wildman–Crippen MR) is 150 cm³/mol. The van der Waals surface area contributed by atoms with Gasteiger partial charge in [0.2, 0.25) is 5.91 Å². The number of carbonyl (C=O) groups excluding carboxylic acids is 1. The lowest BCUT2D eigenvalue weighted by atomic mass is 9.99. The summed E-state index contributed by atoms with van der Waals surface area (Å²) >= 11 is 0. The topological polar surface area (TPSA) is 91.5 Å². The van der Waals surface area contributed by atoms with Crippen molar-refractivity contribution in [1.82, 2.24) is 9.97 Å². The van der Waals surface area contributed by atoms with E-state index in [0.29, 0.717) is 17.8 Å². The first-order valence-electron chi connectivity index (χ1n) is 13.0.